The lowest BCUT2D eigenvalue weighted by Crippen LogP contribution is -2.68. The molecule has 0 aromatic carbocycles. The quantitative estimate of drug-likeness (QED) is 0.314. The molecule has 5 fully saturated rings. The molecule has 0 spiro atoms. The number of nitrogens with one attached hydrogen (secondary N) is 4. The number of ether oxygens (including phenoxy) is 1. The van der Waals surface area contributed by atoms with Gasteiger partial charge in [0.2, 0.25) is 5.91 Å². The number of nitrogens with zero attached hydrogens (tertiary/aromatic N) is 3. The molecule has 31 heavy (non-hydrogen) atoms. The number of rotatable bonds is 4. The zero-order valence-electron chi connectivity index (χ0n) is 18.3. The van der Waals surface area contributed by atoms with E-state index in [9.17, 15) is 9.18 Å². The number of halogens is 1. The lowest BCUT2D eigenvalue weighted by Gasteiger charge is -2.49. The number of carbonyl (C=O) groups excluding carboxylic acids is 1. The molecule has 5 heterocycles. The molecule has 5 rings (SSSR count). The fourth-order valence-electron chi connectivity index (χ4n) is 5.95. The van der Waals surface area contributed by atoms with E-state index >= 15 is 0 Å². The van der Waals surface area contributed by atoms with Gasteiger partial charge in [0.1, 0.15) is 6.17 Å². The van der Waals surface area contributed by atoms with Gasteiger partial charge in [0.25, 0.3) is 0 Å². The number of piperidine rings is 1. The molecule has 7 atom stereocenters. The van der Waals surface area contributed by atoms with E-state index in [4.69, 9.17) is 10.5 Å². The van der Waals surface area contributed by atoms with E-state index in [0.717, 1.165) is 52.5 Å². The minimum atomic E-state index is -0.962. The second-order valence-electron chi connectivity index (χ2n) is 9.79. The Morgan fingerprint density at radius 2 is 1.87 bits per heavy atom. The standard InChI is InChI=1S/C20H37FN8O2/c1-12-6-23-8-15(17(12)28-4-2-27(3-5-28)14-10-31-11-14)25-20(30)16-18(22)26-29-9-13(21)7-24-19(16)29/h12-19,23-24,26H,2-11,22H2,1H3,(H,25,30). The van der Waals surface area contributed by atoms with Crippen LogP contribution in [0.1, 0.15) is 6.92 Å². The van der Waals surface area contributed by atoms with Crippen LogP contribution in [0.25, 0.3) is 0 Å². The van der Waals surface area contributed by atoms with Gasteiger partial charge in [-0.1, -0.05) is 6.92 Å². The molecule has 6 N–H and O–H groups in total. The Labute approximate surface area is 183 Å². The van der Waals surface area contributed by atoms with E-state index in [-0.39, 0.29) is 31.2 Å². The molecule has 0 aliphatic carbocycles. The predicted molar refractivity (Wildman–Crippen MR) is 113 cm³/mol. The summed E-state index contributed by atoms with van der Waals surface area (Å²) < 4.78 is 19.1. The van der Waals surface area contributed by atoms with E-state index in [1.165, 1.54) is 0 Å². The molecular weight excluding hydrogens is 403 g/mol. The Hall–Kier alpha value is -0.920. The van der Waals surface area contributed by atoms with Crippen molar-refractivity contribution >= 4 is 5.91 Å². The van der Waals surface area contributed by atoms with E-state index < -0.39 is 18.3 Å². The topological polar surface area (TPSA) is 110 Å². The average Bonchev–Trinajstić information content (AvgIpc) is 3.02. The minimum absolute atomic E-state index is 0.0219. The molecule has 0 aromatic heterocycles. The fourth-order valence-corrected chi connectivity index (χ4v) is 5.95. The highest BCUT2D eigenvalue weighted by Gasteiger charge is 2.48. The van der Waals surface area contributed by atoms with Crippen LogP contribution in [0.3, 0.4) is 0 Å². The third kappa shape index (κ3) is 4.34. The smallest absolute Gasteiger partial charge is 0.229 e. The summed E-state index contributed by atoms with van der Waals surface area (Å²) in [5.74, 6) is -0.0843. The molecule has 0 radical (unpaired) electrons. The first-order valence-corrected chi connectivity index (χ1v) is 11.7. The molecule has 0 aromatic rings. The molecule has 7 unspecified atom stereocenters. The lowest BCUT2D eigenvalue weighted by molar-refractivity contribution is -0.128. The Bertz CT molecular complexity index is 647. The van der Waals surface area contributed by atoms with Crippen molar-refractivity contribution in [3.05, 3.63) is 0 Å². The molecule has 5 saturated heterocycles. The summed E-state index contributed by atoms with van der Waals surface area (Å²) in [6.45, 7) is 10.3. The molecule has 1 amide bonds. The van der Waals surface area contributed by atoms with E-state index in [0.29, 0.717) is 18.0 Å². The molecule has 5 aliphatic rings. The molecular formula is C20H37FN8O2. The van der Waals surface area contributed by atoms with Crippen molar-refractivity contribution in [3.8, 4) is 0 Å². The third-order valence-electron chi connectivity index (χ3n) is 7.68. The number of fused-ring (bicyclic) bond motifs is 1. The number of amides is 1. The summed E-state index contributed by atoms with van der Waals surface area (Å²) in [5.41, 5.74) is 9.31. The van der Waals surface area contributed by atoms with Gasteiger partial charge in [-0.2, -0.15) is 0 Å². The third-order valence-corrected chi connectivity index (χ3v) is 7.68. The maximum absolute atomic E-state index is 13.7. The summed E-state index contributed by atoms with van der Waals surface area (Å²) in [4.78, 5) is 18.4. The van der Waals surface area contributed by atoms with Crippen LogP contribution in [0.15, 0.2) is 0 Å². The predicted octanol–water partition coefficient (Wildman–Crippen LogP) is -2.92. The van der Waals surface area contributed by atoms with Crippen molar-refractivity contribution in [3.63, 3.8) is 0 Å². The number of carbonyl (C=O) groups is 1. The van der Waals surface area contributed by atoms with Gasteiger partial charge < -0.3 is 21.1 Å². The number of hydrazine groups is 1. The molecule has 10 nitrogen and oxygen atoms in total. The maximum Gasteiger partial charge on any atom is 0.229 e. The van der Waals surface area contributed by atoms with Crippen molar-refractivity contribution in [2.45, 2.75) is 43.6 Å². The largest absolute Gasteiger partial charge is 0.378 e. The number of piperazine rings is 1. The zero-order chi connectivity index (χ0) is 21.5. The SMILES string of the molecule is CC1CNCC(NC(=O)C2C(N)NN3CC(F)CNC23)C1N1CCN(C2COC2)CC1. The second-order valence-corrected chi connectivity index (χ2v) is 9.79. The number of hydrogen-bond acceptors (Lipinski definition) is 9. The summed E-state index contributed by atoms with van der Waals surface area (Å²) in [6.07, 6.45) is -1.76. The van der Waals surface area contributed by atoms with Crippen LogP contribution in [0.4, 0.5) is 4.39 Å². The first-order valence-electron chi connectivity index (χ1n) is 11.7. The van der Waals surface area contributed by atoms with Gasteiger partial charge in [-0.25, -0.2) is 14.8 Å². The summed E-state index contributed by atoms with van der Waals surface area (Å²) >= 11 is 0. The first-order chi connectivity index (χ1) is 15.0. The van der Waals surface area contributed by atoms with Gasteiger partial charge in [-0.15, -0.1) is 0 Å². The highest BCUT2D eigenvalue weighted by Crippen LogP contribution is 2.25. The average molecular weight is 441 g/mol. The Morgan fingerprint density at radius 1 is 1.13 bits per heavy atom. The number of nitrogens with two attached hydrogens (primary N) is 1. The monoisotopic (exact) mass is 440 g/mol. The molecule has 11 heteroatoms. The Balaban J connectivity index is 1.22. The van der Waals surface area contributed by atoms with Gasteiger partial charge in [0, 0.05) is 51.9 Å². The van der Waals surface area contributed by atoms with Crippen LogP contribution >= 0.6 is 0 Å². The molecule has 0 bridgehead atoms. The molecule has 176 valence electrons. The van der Waals surface area contributed by atoms with Gasteiger partial charge in [-0.05, 0) is 12.5 Å². The van der Waals surface area contributed by atoms with Crippen LogP contribution in [0.2, 0.25) is 0 Å². The van der Waals surface area contributed by atoms with Gasteiger partial charge in [0.05, 0.1) is 43.5 Å². The van der Waals surface area contributed by atoms with Crippen molar-refractivity contribution in [2.24, 2.45) is 17.6 Å². The van der Waals surface area contributed by atoms with Crippen LogP contribution in [-0.4, -0.2) is 123 Å². The maximum atomic E-state index is 13.7. The zero-order valence-corrected chi connectivity index (χ0v) is 18.3. The van der Waals surface area contributed by atoms with Crippen molar-refractivity contribution in [1.82, 2.24) is 36.2 Å². The lowest BCUT2D eigenvalue weighted by atomic mass is 9.88. The Kier molecular flexibility index (Phi) is 6.46. The summed E-state index contributed by atoms with van der Waals surface area (Å²) in [6, 6.07) is 0.893. The number of hydrogen-bond donors (Lipinski definition) is 5. The number of alkyl halides is 1. The second kappa shape index (κ2) is 9.14. The fraction of sp³-hybridized carbons (Fsp3) is 0.950. The highest BCUT2D eigenvalue weighted by molar-refractivity contribution is 5.81. The van der Waals surface area contributed by atoms with Gasteiger partial charge >= 0.3 is 0 Å². The van der Waals surface area contributed by atoms with Gasteiger partial charge in [-0.3, -0.25) is 19.9 Å². The molecule has 0 saturated carbocycles. The van der Waals surface area contributed by atoms with Crippen molar-refractivity contribution in [1.29, 1.82) is 0 Å². The van der Waals surface area contributed by atoms with Crippen LogP contribution < -0.4 is 27.1 Å². The Morgan fingerprint density at radius 3 is 2.58 bits per heavy atom. The van der Waals surface area contributed by atoms with Crippen LogP contribution in [0, 0.1) is 11.8 Å². The van der Waals surface area contributed by atoms with Crippen LogP contribution in [-0.2, 0) is 9.53 Å². The van der Waals surface area contributed by atoms with Gasteiger partial charge in [0.15, 0.2) is 0 Å². The molecule has 5 aliphatic heterocycles. The van der Waals surface area contributed by atoms with Crippen molar-refractivity contribution < 1.29 is 13.9 Å². The highest BCUT2D eigenvalue weighted by atomic mass is 19.1. The van der Waals surface area contributed by atoms with Crippen LogP contribution in [0.5, 0.6) is 0 Å². The van der Waals surface area contributed by atoms with Crippen molar-refractivity contribution in [2.75, 3.05) is 65.6 Å². The van der Waals surface area contributed by atoms with E-state index in [1.54, 1.807) is 5.01 Å². The van der Waals surface area contributed by atoms with E-state index in [2.05, 4.69) is 38.1 Å². The van der Waals surface area contributed by atoms with E-state index in [1.807, 2.05) is 0 Å². The normalized spacial score (nSPS) is 43.4. The first kappa shape index (κ1) is 21.9. The summed E-state index contributed by atoms with van der Waals surface area (Å²) in [7, 11) is 0. The summed E-state index contributed by atoms with van der Waals surface area (Å²) in [5, 5.41) is 11.7. The minimum Gasteiger partial charge on any atom is -0.378 e.